The molecule has 0 atom stereocenters. The molecule has 1 fully saturated rings. The number of likely N-dealkylation sites (tertiary alicyclic amines) is 1. The van der Waals surface area contributed by atoms with Gasteiger partial charge in [-0.05, 0) is 58.1 Å². The number of fused-ring (bicyclic) bond motifs is 1. The molecule has 142 valence electrons. The van der Waals surface area contributed by atoms with Crippen LogP contribution in [0.5, 0.6) is 0 Å². The van der Waals surface area contributed by atoms with Gasteiger partial charge in [-0.1, -0.05) is 23.7 Å². The first kappa shape index (κ1) is 18.5. The summed E-state index contributed by atoms with van der Waals surface area (Å²) in [6.45, 7) is 4.04. The number of benzene rings is 1. The zero-order valence-electron chi connectivity index (χ0n) is 15.8. The molecular weight excluding hydrogens is 380 g/mol. The maximum absolute atomic E-state index is 13.1. The molecular formula is C20H23ClN4OS. The molecule has 0 saturated carbocycles. The molecule has 0 N–H and O–H groups in total. The number of carbonyl (C=O) groups excluding carboxylic acids is 1. The van der Waals surface area contributed by atoms with Crippen LogP contribution in [0, 0.1) is 6.92 Å². The monoisotopic (exact) mass is 402 g/mol. The van der Waals surface area contributed by atoms with Crippen molar-refractivity contribution in [3.63, 3.8) is 0 Å². The molecule has 5 nitrogen and oxygen atoms in total. The van der Waals surface area contributed by atoms with Gasteiger partial charge in [-0.25, -0.2) is 4.68 Å². The van der Waals surface area contributed by atoms with Crippen molar-refractivity contribution < 1.29 is 4.79 Å². The van der Waals surface area contributed by atoms with Gasteiger partial charge in [-0.2, -0.15) is 5.10 Å². The summed E-state index contributed by atoms with van der Waals surface area (Å²) in [5, 5.41) is 6.30. The summed E-state index contributed by atoms with van der Waals surface area (Å²) in [6, 6.07) is 9.92. The summed E-state index contributed by atoms with van der Waals surface area (Å²) >= 11 is 7.86. The van der Waals surface area contributed by atoms with E-state index in [2.05, 4.69) is 17.0 Å². The third-order valence-electron chi connectivity index (χ3n) is 5.39. The van der Waals surface area contributed by atoms with Crippen molar-refractivity contribution in [1.82, 2.24) is 19.6 Å². The molecule has 1 amide bonds. The van der Waals surface area contributed by atoms with Crippen molar-refractivity contribution in [2.45, 2.75) is 25.8 Å². The zero-order valence-corrected chi connectivity index (χ0v) is 17.3. The average molecular weight is 403 g/mol. The lowest BCUT2D eigenvalue weighted by Gasteiger charge is -2.34. The number of hydrogen-bond donors (Lipinski definition) is 0. The first-order valence-corrected chi connectivity index (χ1v) is 10.3. The summed E-state index contributed by atoms with van der Waals surface area (Å²) in [4.78, 5) is 19.0. The number of carbonyl (C=O) groups is 1. The first-order chi connectivity index (χ1) is 13.0. The molecule has 1 saturated heterocycles. The number of halogens is 1. The highest BCUT2D eigenvalue weighted by Gasteiger charge is 2.27. The van der Waals surface area contributed by atoms with Gasteiger partial charge < -0.3 is 9.80 Å². The maximum Gasteiger partial charge on any atom is 0.264 e. The molecule has 0 bridgehead atoms. The zero-order chi connectivity index (χ0) is 19.1. The number of para-hydroxylation sites is 1. The van der Waals surface area contributed by atoms with E-state index in [-0.39, 0.29) is 5.91 Å². The second kappa shape index (κ2) is 7.26. The van der Waals surface area contributed by atoms with Gasteiger partial charge >= 0.3 is 0 Å². The van der Waals surface area contributed by atoms with Gasteiger partial charge in [0.1, 0.15) is 4.83 Å². The van der Waals surface area contributed by atoms with Crippen molar-refractivity contribution in [1.29, 1.82) is 0 Å². The summed E-state index contributed by atoms with van der Waals surface area (Å²) in [5.41, 5.74) is 1.74. The molecule has 27 heavy (non-hydrogen) atoms. The van der Waals surface area contributed by atoms with Crippen molar-refractivity contribution >= 4 is 39.1 Å². The normalized spacial score (nSPS) is 16.1. The lowest BCUT2D eigenvalue weighted by molar-refractivity contribution is 0.0664. The summed E-state index contributed by atoms with van der Waals surface area (Å²) in [6.07, 6.45) is 2.05. The van der Waals surface area contributed by atoms with Crippen molar-refractivity contribution in [3.8, 4) is 5.69 Å². The molecule has 3 aromatic rings. The Morgan fingerprint density at radius 1 is 1.30 bits per heavy atom. The minimum atomic E-state index is 0.0934. The molecule has 0 unspecified atom stereocenters. The van der Waals surface area contributed by atoms with E-state index in [0.29, 0.717) is 11.1 Å². The summed E-state index contributed by atoms with van der Waals surface area (Å²) < 4.78 is 1.85. The number of rotatable bonds is 3. The number of piperidine rings is 1. The smallest absolute Gasteiger partial charge is 0.264 e. The topological polar surface area (TPSA) is 41.4 Å². The predicted molar refractivity (Wildman–Crippen MR) is 111 cm³/mol. The number of amides is 1. The van der Waals surface area contributed by atoms with E-state index < -0.39 is 0 Å². The SMILES string of the molecule is Cc1nn(-c2ccccc2Cl)c2sc(C(=O)N(C)C3CCN(C)CC3)cc12. The van der Waals surface area contributed by atoms with Crippen molar-refractivity contribution in [2.24, 2.45) is 0 Å². The molecule has 7 heteroatoms. The van der Waals surface area contributed by atoms with Gasteiger partial charge in [0, 0.05) is 18.5 Å². The molecule has 2 aromatic heterocycles. The fraction of sp³-hybridized carbons (Fsp3) is 0.400. The Balaban J connectivity index is 1.67. The van der Waals surface area contributed by atoms with Gasteiger partial charge in [0.25, 0.3) is 5.91 Å². The second-order valence-electron chi connectivity index (χ2n) is 7.23. The molecule has 3 heterocycles. The van der Waals surface area contributed by atoms with Crippen LogP contribution in [0.1, 0.15) is 28.2 Å². The highest BCUT2D eigenvalue weighted by molar-refractivity contribution is 7.20. The quantitative estimate of drug-likeness (QED) is 0.658. The molecule has 1 aromatic carbocycles. The molecule has 4 rings (SSSR count). The molecule has 1 aliphatic heterocycles. The van der Waals surface area contributed by atoms with Crippen LogP contribution in [0.3, 0.4) is 0 Å². The lowest BCUT2D eigenvalue weighted by Crippen LogP contribution is -2.44. The Hall–Kier alpha value is -1.89. The van der Waals surface area contributed by atoms with Crippen LogP contribution in [0.25, 0.3) is 15.9 Å². The van der Waals surface area contributed by atoms with Crippen LogP contribution in [0.2, 0.25) is 5.02 Å². The number of aromatic nitrogens is 2. The van der Waals surface area contributed by atoms with Crippen LogP contribution in [-0.2, 0) is 0 Å². The molecule has 0 radical (unpaired) electrons. The van der Waals surface area contributed by atoms with E-state index in [1.54, 1.807) is 0 Å². The first-order valence-electron chi connectivity index (χ1n) is 9.15. The Labute approximate surface area is 168 Å². The van der Waals surface area contributed by atoms with Crippen LogP contribution in [-0.4, -0.2) is 58.7 Å². The fourth-order valence-corrected chi connectivity index (χ4v) is 5.04. The van der Waals surface area contributed by atoms with Crippen LogP contribution < -0.4 is 0 Å². The Morgan fingerprint density at radius 2 is 2.00 bits per heavy atom. The summed E-state index contributed by atoms with van der Waals surface area (Å²) in [5.74, 6) is 0.0934. The predicted octanol–water partition coefficient (Wildman–Crippen LogP) is 4.22. The Kier molecular flexibility index (Phi) is 4.97. The highest BCUT2D eigenvalue weighted by atomic mass is 35.5. The highest BCUT2D eigenvalue weighted by Crippen LogP contribution is 2.33. The van der Waals surface area contributed by atoms with E-state index >= 15 is 0 Å². The van der Waals surface area contributed by atoms with E-state index in [1.165, 1.54) is 11.3 Å². The van der Waals surface area contributed by atoms with Crippen LogP contribution in [0.4, 0.5) is 0 Å². The van der Waals surface area contributed by atoms with Crippen LogP contribution in [0.15, 0.2) is 30.3 Å². The van der Waals surface area contributed by atoms with E-state index in [4.69, 9.17) is 11.6 Å². The number of thiophene rings is 1. The second-order valence-corrected chi connectivity index (χ2v) is 8.67. The maximum atomic E-state index is 13.1. The molecule has 0 spiro atoms. The molecule has 0 aliphatic carbocycles. The minimum absolute atomic E-state index is 0.0934. The lowest BCUT2D eigenvalue weighted by atomic mass is 10.0. The summed E-state index contributed by atoms with van der Waals surface area (Å²) in [7, 11) is 4.06. The van der Waals surface area contributed by atoms with Crippen molar-refractivity contribution in [3.05, 3.63) is 45.9 Å². The van der Waals surface area contributed by atoms with E-state index in [9.17, 15) is 4.79 Å². The van der Waals surface area contributed by atoms with Gasteiger partial charge in [-0.3, -0.25) is 4.79 Å². The minimum Gasteiger partial charge on any atom is -0.338 e. The largest absolute Gasteiger partial charge is 0.338 e. The van der Waals surface area contributed by atoms with Crippen molar-refractivity contribution in [2.75, 3.05) is 27.2 Å². The number of hydrogen-bond acceptors (Lipinski definition) is 4. The standard InChI is InChI=1S/C20H23ClN4OS/c1-13-15-12-18(19(26)24(3)14-8-10-23(2)11-9-14)27-20(15)25(22-13)17-7-5-4-6-16(17)21/h4-7,12,14H,8-11H2,1-3H3. The Morgan fingerprint density at radius 3 is 2.70 bits per heavy atom. The third-order valence-corrected chi connectivity index (χ3v) is 6.81. The number of aryl methyl sites for hydroxylation is 1. The fourth-order valence-electron chi connectivity index (χ4n) is 3.66. The Bertz CT molecular complexity index is 987. The van der Waals surface area contributed by atoms with Crippen LogP contribution >= 0.6 is 22.9 Å². The van der Waals surface area contributed by atoms with E-state index in [1.807, 2.05) is 53.9 Å². The van der Waals surface area contributed by atoms with Gasteiger partial charge in [0.15, 0.2) is 0 Å². The number of nitrogens with zero attached hydrogens (tertiary/aromatic N) is 4. The molecule has 1 aliphatic rings. The van der Waals surface area contributed by atoms with Gasteiger partial charge in [-0.15, -0.1) is 11.3 Å². The average Bonchev–Trinajstić information content (AvgIpc) is 3.22. The van der Waals surface area contributed by atoms with E-state index in [0.717, 1.165) is 52.4 Å². The third kappa shape index (κ3) is 3.37. The van der Waals surface area contributed by atoms with Gasteiger partial charge in [0.05, 0.1) is 21.3 Å². The van der Waals surface area contributed by atoms with Gasteiger partial charge in [0.2, 0.25) is 0 Å².